The van der Waals surface area contributed by atoms with E-state index in [1.807, 2.05) is 31.2 Å². The van der Waals surface area contributed by atoms with Crippen molar-refractivity contribution >= 4 is 11.9 Å². The molecule has 1 heterocycles. The number of aliphatic hydroxyl groups is 1. The van der Waals surface area contributed by atoms with Crippen LogP contribution in [0.3, 0.4) is 0 Å². The van der Waals surface area contributed by atoms with Crippen molar-refractivity contribution in [3.05, 3.63) is 29.8 Å². The number of likely N-dealkylation sites (tertiary alicyclic amines) is 1. The summed E-state index contributed by atoms with van der Waals surface area (Å²) >= 11 is 0. The van der Waals surface area contributed by atoms with Crippen molar-refractivity contribution in [1.29, 1.82) is 0 Å². The average molecular weight is 321 g/mol. The average Bonchev–Trinajstić information content (AvgIpc) is 2.55. The molecule has 0 aromatic heterocycles. The lowest BCUT2D eigenvalue weighted by molar-refractivity contribution is -0.165. The number of carbonyl (C=O) groups is 2. The Morgan fingerprint density at radius 2 is 1.83 bits per heavy atom. The van der Waals surface area contributed by atoms with Gasteiger partial charge >= 0.3 is 5.97 Å². The van der Waals surface area contributed by atoms with Crippen LogP contribution >= 0.6 is 0 Å². The molecule has 0 atom stereocenters. The van der Waals surface area contributed by atoms with Crippen molar-refractivity contribution in [2.75, 3.05) is 19.7 Å². The van der Waals surface area contributed by atoms with Gasteiger partial charge in [-0.25, -0.2) is 4.79 Å². The molecule has 0 unspecified atom stereocenters. The van der Waals surface area contributed by atoms with Crippen LogP contribution in [0.25, 0.3) is 0 Å². The highest BCUT2D eigenvalue weighted by atomic mass is 16.5. The first-order chi connectivity index (χ1) is 10.9. The van der Waals surface area contributed by atoms with Gasteiger partial charge in [0.25, 0.3) is 0 Å². The monoisotopic (exact) mass is 321 g/mol. The first kappa shape index (κ1) is 17.3. The molecule has 23 heavy (non-hydrogen) atoms. The van der Waals surface area contributed by atoms with E-state index in [0.29, 0.717) is 19.4 Å². The second kappa shape index (κ2) is 7.46. The first-order valence-corrected chi connectivity index (χ1v) is 7.90. The quantitative estimate of drug-likeness (QED) is 0.828. The van der Waals surface area contributed by atoms with Gasteiger partial charge in [0.05, 0.1) is 6.61 Å². The van der Waals surface area contributed by atoms with Crippen LogP contribution < -0.4 is 4.74 Å². The molecule has 0 bridgehead atoms. The Morgan fingerprint density at radius 3 is 2.35 bits per heavy atom. The molecule has 1 aliphatic rings. The molecule has 126 valence electrons. The summed E-state index contributed by atoms with van der Waals surface area (Å²) < 4.78 is 5.37. The summed E-state index contributed by atoms with van der Waals surface area (Å²) in [5.41, 5.74) is -0.632. The van der Waals surface area contributed by atoms with Crippen LogP contribution in [0.15, 0.2) is 24.3 Å². The van der Waals surface area contributed by atoms with Crippen LogP contribution in [0.1, 0.15) is 31.7 Å². The van der Waals surface area contributed by atoms with Crippen LogP contribution in [-0.4, -0.2) is 52.3 Å². The highest BCUT2D eigenvalue weighted by Crippen LogP contribution is 2.23. The van der Waals surface area contributed by atoms with E-state index in [-0.39, 0.29) is 31.8 Å². The number of aryl methyl sites for hydroxylation is 1. The summed E-state index contributed by atoms with van der Waals surface area (Å²) in [7, 11) is 0. The summed E-state index contributed by atoms with van der Waals surface area (Å²) in [5, 5.41) is 18.8. The Balaban J connectivity index is 1.80. The van der Waals surface area contributed by atoms with Crippen LogP contribution in [0, 0.1) is 0 Å². The first-order valence-electron chi connectivity index (χ1n) is 7.90. The third-order valence-electron chi connectivity index (χ3n) is 4.20. The molecule has 0 aliphatic carbocycles. The molecule has 2 N–H and O–H groups in total. The fourth-order valence-electron chi connectivity index (χ4n) is 2.67. The molecule has 1 saturated heterocycles. The van der Waals surface area contributed by atoms with Crippen LogP contribution in [0.2, 0.25) is 0 Å². The summed E-state index contributed by atoms with van der Waals surface area (Å²) in [6, 6.07) is 7.66. The molecule has 1 fully saturated rings. The number of hydrogen-bond acceptors (Lipinski definition) is 4. The van der Waals surface area contributed by atoms with Crippen molar-refractivity contribution in [2.24, 2.45) is 0 Å². The standard InChI is InChI=1S/C17H23NO5/c1-2-23-14-6-3-13(4-7-14)5-8-15(19)18-11-9-17(22,10-12-18)16(20)21/h3-4,6-7,22H,2,5,8-12H2,1H3,(H,20,21). The second-order valence-corrected chi connectivity index (χ2v) is 5.79. The number of carboxylic acid groups (broad SMARTS) is 1. The third-order valence-corrected chi connectivity index (χ3v) is 4.20. The van der Waals surface area contributed by atoms with Crippen LogP contribution in [0.4, 0.5) is 0 Å². The summed E-state index contributed by atoms with van der Waals surface area (Å²) in [6.45, 7) is 3.11. The predicted molar refractivity (Wildman–Crippen MR) is 84.3 cm³/mol. The highest BCUT2D eigenvalue weighted by Gasteiger charge is 2.40. The molecule has 1 amide bonds. The SMILES string of the molecule is CCOc1ccc(CCC(=O)N2CCC(O)(C(=O)O)CC2)cc1. The van der Waals surface area contributed by atoms with Gasteiger partial charge in [-0.1, -0.05) is 12.1 Å². The van der Waals surface area contributed by atoms with E-state index in [2.05, 4.69) is 0 Å². The van der Waals surface area contributed by atoms with Gasteiger partial charge in [-0.3, -0.25) is 4.79 Å². The number of benzene rings is 1. The van der Waals surface area contributed by atoms with Gasteiger partial charge < -0.3 is 19.8 Å². The maximum Gasteiger partial charge on any atom is 0.335 e. The highest BCUT2D eigenvalue weighted by molar-refractivity contribution is 5.79. The van der Waals surface area contributed by atoms with Gasteiger partial charge in [-0.05, 0) is 31.0 Å². The zero-order valence-corrected chi connectivity index (χ0v) is 13.3. The van der Waals surface area contributed by atoms with Crippen LogP contribution in [0.5, 0.6) is 5.75 Å². The van der Waals surface area contributed by atoms with Gasteiger partial charge in [-0.2, -0.15) is 0 Å². The molecule has 1 aliphatic heterocycles. The van der Waals surface area contributed by atoms with Gasteiger partial charge in [0.1, 0.15) is 5.75 Å². The Morgan fingerprint density at radius 1 is 1.22 bits per heavy atom. The molecular formula is C17H23NO5. The van der Waals surface area contributed by atoms with Gasteiger partial charge in [-0.15, -0.1) is 0 Å². The predicted octanol–water partition coefficient (Wildman–Crippen LogP) is 1.46. The lowest BCUT2D eigenvalue weighted by atomic mass is 9.91. The van der Waals surface area contributed by atoms with Crippen molar-refractivity contribution in [3.8, 4) is 5.75 Å². The number of carboxylic acids is 1. The van der Waals surface area contributed by atoms with Crippen molar-refractivity contribution in [1.82, 2.24) is 4.90 Å². The van der Waals surface area contributed by atoms with Crippen LogP contribution in [-0.2, 0) is 16.0 Å². The number of nitrogens with zero attached hydrogens (tertiary/aromatic N) is 1. The fourth-order valence-corrected chi connectivity index (χ4v) is 2.67. The number of ether oxygens (including phenoxy) is 1. The number of piperidine rings is 1. The Labute approximate surface area is 135 Å². The fraction of sp³-hybridized carbons (Fsp3) is 0.529. The minimum atomic E-state index is -1.69. The second-order valence-electron chi connectivity index (χ2n) is 5.79. The number of amides is 1. The number of carbonyl (C=O) groups excluding carboxylic acids is 1. The van der Waals surface area contributed by atoms with Gasteiger partial charge in [0.15, 0.2) is 5.60 Å². The molecule has 0 radical (unpaired) electrons. The van der Waals surface area contributed by atoms with E-state index in [4.69, 9.17) is 9.84 Å². The van der Waals surface area contributed by atoms with E-state index < -0.39 is 11.6 Å². The number of hydrogen-bond donors (Lipinski definition) is 2. The lowest BCUT2D eigenvalue weighted by Crippen LogP contribution is -2.50. The van der Waals surface area contributed by atoms with Gasteiger partial charge in [0, 0.05) is 32.4 Å². The normalized spacial score (nSPS) is 16.9. The topological polar surface area (TPSA) is 87.1 Å². The minimum absolute atomic E-state index is 0.00803. The van der Waals surface area contributed by atoms with Crippen molar-refractivity contribution in [2.45, 2.75) is 38.2 Å². The molecular weight excluding hydrogens is 298 g/mol. The zero-order valence-electron chi connectivity index (χ0n) is 13.3. The summed E-state index contributed by atoms with van der Waals surface area (Å²) in [4.78, 5) is 24.8. The van der Waals surface area contributed by atoms with E-state index in [1.165, 1.54) is 0 Å². The number of aliphatic carboxylic acids is 1. The molecule has 1 aromatic carbocycles. The van der Waals surface area contributed by atoms with Crippen molar-refractivity contribution in [3.63, 3.8) is 0 Å². The zero-order chi connectivity index (χ0) is 16.9. The summed E-state index contributed by atoms with van der Waals surface area (Å²) in [6.07, 6.45) is 1.17. The largest absolute Gasteiger partial charge is 0.494 e. The molecule has 2 rings (SSSR count). The van der Waals surface area contributed by atoms with E-state index in [9.17, 15) is 14.7 Å². The molecule has 1 aromatic rings. The maximum atomic E-state index is 12.2. The Hall–Kier alpha value is -2.08. The van der Waals surface area contributed by atoms with E-state index in [1.54, 1.807) is 4.90 Å². The molecule has 0 saturated carbocycles. The van der Waals surface area contributed by atoms with Gasteiger partial charge in [0.2, 0.25) is 5.91 Å². The number of rotatable bonds is 6. The summed E-state index contributed by atoms with van der Waals surface area (Å²) in [5.74, 6) is -0.406. The molecule has 6 heteroatoms. The Bertz CT molecular complexity index is 547. The third kappa shape index (κ3) is 4.45. The minimum Gasteiger partial charge on any atom is -0.494 e. The smallest absolute Gasteiger partial charge is 0.335 e. The lowest BCUT2D eigenvalue weighted by Gasteiger charge is -2.35. The molecule has 0 spiro atoms. The Kier molecular flexibility index (Phi) is 5.60. The van der Waals surface area contributed by atoms with E-state index in [0.717, 1.165) is 11.3 Å². The maximum absolute atomic E-state index is 12.2. The van der Waals surface area contributed by atoms with Crippen molar-refractivity contribution < 1.29 is 24.5 Å². The van der Waals surface area contributed by atoms with E-state index >= 15 is 0 Å². The molecule has 6 nitrogen and oxygen atoms in total.